The number of anilines is 1. The van der Waals surface area contributed by atoms with Gasteiger partial charge < -0.3 is 14.8 Å². The summed E-state index contributed by atoms with van der Waals surface area (Å²) in [7, 11) is 3.23. The molecule has 0 spiro atoms. The summed E-state index contributed by atoms with van der Waals surface area (Å²) in [5.74, 6) is 1.43. The van der Waals surface area contributed by atoms with Crippen LogP contribution in [-0.4, -0.2) is 20.8 Å². The van der Waals surface area contributed by atoms with Crippen LogP contribution < -0.4 is 20.2 Å². The summed E-state index contributed by atoms with van der Waals surface area (Å²) in [6.07, 6.45) is 0.790. The Kier molecular flexibility index (Phi) is 5.21. The molecule has 2 rings (SSSR count). The summed E-state index contributed by atoms with van der Waals surface area (Å²) >= 11 is 0. The van der Waals surface area contributed by atoms with Gasteiger partial charge in [0.25, 0.3) is 0 Å². The van der Waals surface area contributed by atoms with Crippen molar-refractivity contribution in [1.82, 2.24) is 0 Å². The van der Waals surface area contributed by atoms with Crippen LogP contribution in [0.3, 0.4) is 0 Å². The van der Waals surface area contributed by atoms with E-state index in [9.17, 15) is 4.79 Å². The molecule has 4 heteroatoms. The first-order chi connectivity index (χ1) is 10.2. The molecular weight excluding hydrogens is 266 g/mol. The topological polar surface area (TPSA) is 47.6 Å². The fourth-order valence-corrected chi connectivity index (χ4v) is 2.05. The average molecular weight is 285 g/mol. The van der Waals surface area contributed by atoms with Gasteiger partial charge in [-0.1, -0.05) is 24.3 Å². The van der Waals surface area contributed by atoms with E-state index in [1.807, 2.05) is 30.3 Å². The van der Waals surface area contributed by atoms with Crippen LogP contribution >= 0.6 is 0 Å². The number of rotatable bonds is 6. The molecule has 0 fully saturated rings. The Balaban J connectivity index is 2.01. The molecule has 0 aliphatic carbocycles. The molecule has 4 nitrogen and oxygen atoms in total. The molecule has 110 valence electrons. The molecular formula is C17H19NO3. The predicted octanol–water partition coefficient (Wildman–Crippen LogP) is 2.72. The van der Waals surface area contributed by atoms with E-state index in [0.717, 1.165) is 12.0 Å². The first-order valence-electron chi connectivity index (χ1n) is 6.78. The van der Waals surface area contributed by atoms with Crippen molar-refractivity contribution in [2.45, 2.75) is 6.42 Å². The van der Waals surface area contributed by atoms with E-state index < -0.39 is 0 Å². The average Bonchev–Trinajstić information content (AvgIpc) is 2.72. The molecule has 0 aliphatic rings. The summed E-state index contributed by atoms with van der Waals surface area (Å²) < 4.78 is 10.5. The van der Waals surface area contributed by atoms with Crippen LogP contribution in [0.25, 0.3) is 0 Å². The lowest BCUT2D eigenvalue weighted by Gasteiger charge is -2.10. The normalized spacial score (nSPS) is 10.0. The molecule has 2 aromatic rings. The van der Waals surface area contributed by atoms with E-state index in [2.05, 4.69) is 5.32 Å². The molecule has 0 saturated carbocycles. The molecule has 0 amide bonds. The van der Waals surface area contributed by atoms with Gasteiger partial charge in [0.1, 0.15) is 0 Å². The van der Waals surface area contributed by atoms with Gasteiger partial charge in [0.15, 0.2) is 11.5 Å². The van der Waals surface area contributed by atoms with E-state index in [1.165, 1.54) is 0 Å². The molecule has 0 bridgehead atoms. The van der Waals surface area contributed by atoms with Crippen LogP contribution in [-0.2, 0) is 6.42 Å². The van der Waals surface area contributed by atoms with Crippen LogP contribution in [0.5, 0.6) is 11.5 Å². The molecule has 1 N–H and O–H groups in total. The van der Waals surface area contributed by atoms with Crippen molar-refractivity contribution in [2.24, 2.45) is 0 Å². The first-order valence-corrected chi connectivity index (χ1v) is 6.78. The standard InChI is InChI=1S/C17H19NO3/c1-20-16-9-8-13(12-17(16)21-2)10-11-18-14-6-4-3-5-7-15(14)19/h3-9,12H,10-11H2,1-2H3,(H,18,19). The molecule has 0 aromatic heterocycles. The molecule has 21 heavy (non-hydrogen) atoms. The summed E-state index contributed by atoms with van der Waals surface area (Å²) in [5, 5.41) is 3.16. The third kappa shape index (κ3) is 3.99. The van der Waals surface area contributed by atoms with Crippen LogP contribution in [0.4, 0.5) is 5.69 Å². The fraction of sp³-hybridized carbons (Fsp3) is 0.235. The van der Waals surface area contributed by atoms with Gasteiger partial charge in [0.2, 0.25) is 5.43 Å². The third-order valence-corrected chi connectivity index (χ3v) is 3.18. The third-order valence-electron chi connectivity index (χ3n) is 3.18. The molecule has 2 aromatic carbocycles. The molecule has 0 saturated heterocycles. The highest BCUT2D eigenvalue weighted by atomic mass is 16.5. The number of nitrogens with one attached hydrogen (secondary N) is 1. The van der Waals surface area contributed by atoms with Crippen molar-refractivity contribution in [1.29, 1.82) is 0 Å². The van der Waals surface area contributed by atoms with Gasteiger partial charge in [-0.2, -0.15) is 0 Å². The highest BCUT2D eigenvalue weighted by Crippen LogP contribution is 2.27. The Morgan fingerprint density at radius 3 is 2.48 bits per heavy atom. The Bertz CT molecular complexity index is 655. The van der Waals surface area contributed by atoms with Crippen LogP contribution in [0.2, 0.25) is 0 Å². The number of benzene rings is 1. The maximum absolute atomic E-state index is 11.7. The molecule has 0 unspecified atom stereocenters. The minimum Gasteiger partial charge on any atom is -0.493 e. The zero-order valence-electron chi connectivity index (χ0n) is 12.3. The number of hydrogen-bond donors (Lipinski definition) is 1. The highest BCUT2D eigenvalue weighted by Gasteiger charge is 2.04. The predicted molar refractivity (Wildman–Crippen MR) is 84.5 cm³/mol. The van der Waals surface area contributed by atoms with Crippen LogP contribution in [0.15, 0.2) is 53.3 Å². The van der Waals surface area contributed by atoms with Gasteiger partial charge in [-0.25, -0.2) is 0 Å². The Labute approximate surface area is 124 Å². The lowest BCUT2D eigenvalue weighted by Crippen LogP contribution is -2.11. The second-order valence-electron chi connectivity index (χ2n) is 4.55. The molecule has 0 atom stereocenters. The maximum atomic E-state index is 11.7. The Morgan fingerprint density at radius 1 is 0.952 bits per heavy atom. The van der Waals surface area contributed by atoms with Crippen molar-refractivity contribution in [3.63, 3.8) is 0 Å². The zero-order valence-corrected chi connectivity index (χ0v) is 12.3. The van der Waals surface area contributed by atoms with E-state index in [0.29, 0.717) is 23.7 Å². The largest absolute Gasteiger partial charge is 0.493 e. The SMILES string of the molecule is COc1ccc(CCNc2cccccc2=O)cc1OC. The second-order valence-corrected chi connectivity index (χ2v) is 4.55. The van der Waals surface area contributed by atoms with E-state index in [-0.39, 0.29) is 5.43 Å². The summed E-state index contributed by atoms with van der Waals surface area (Å²) in [6.45, 7) is 0.675. The summed E-state index contributed by atoms with van der Waals surface area (Å²) in [4.78, 5) is 11.7. The first kappa shape index (κ1) is 14.9. The second kappa shape index (κ2) is 7.33. The van der Waals surface area contributed by atoms with E-state index >= 15 is 0 Å². The van der Waals surface area contributed by atoms with Crippen LogP contribution in [0, 0.1) is 0 Å². The number of methoxy groups -OCH3 is 2. The van der Waals surface area contributed by atoms with Gasteiger partial charge in [0.05, 0.1) is 19.9 Å². The van der Waals surface area contributed by atoms with Gasteiger partial charge in [-0.15, -0.1) is 0 Å². The van der Waals surface area contributed by atoms with Gasteiger partial charge >= 0.3 is 0 Å². The zero-order chi connectivity index (χ0) is 15.1. The van der Waals surface area contributed by atoms with Crippen molar-refractivity contribution < 1.29 is 9.47 Å². The number of hydrogen-bond acceptors (Lipinski definition) is 4. The lowest BCUT2D eigenvalue weighted by molar-refractivity contribution is 0.354. The van der Waals surface area contributed by atoms with Crippen molar-refractivity contribution >= 4 is 5.69 Å². The van der Waals surface area contributed by atoms with E-state index in [4.69, 9.17) is 9.47 Å². The van der Waals surface area contributed by atoms with Gasteiger partial charge in [-0.3, -0.25) is 4.79 Å². The molecule has 0 heterocycles. The van der Waals surface area contributed by atoms with Crippen molar-refractivity contribution in [3.05, 3.63) is 64.3 Å². The van der Waals surface area contributed by atoms with Gasteiger partial charge in [0, 0.05) is 6.54 Å². The van der Waals surface area contributed by atoms with E-state index in [1.54, 1.807) is 32.4 Å². The van der Waals surface area contributed by atoms with Gasteiger partial charge in [-0.05, 0) is 36.2 Å². The summed E-state index contributed by atoms with van der Waals surface area (Å²) in [6, 6.07) is 14.6. The molecule has 0 radical (unpaired) electrons. The fourth-order valence-electron chi connectivity index (χ4n) is 2.05. The minimum atomic E-state index is -0.00712. The van der Waals surface area contributed by atoms with Crippen LogP contribution in [0.1, 0.15) is 5.56 Å². The quantitative estimate of drug-likeness (QED) is 0.886. The molecule has 0 aliphatic heterocycles. The smallest absolute Gasteiger partial charge is 0.201 e. The highest BCUT2D eigenvalue weighted by molar-refractivity contribution is 5.44. The number of ether oxygens (including phenoxy) is 2. The maximum Gasteiger partial charge on any atom is 0.201 e. The lowest BCUT2D eigenvalue weighted by atomic mass is 10.1. The monoisotopic (exact) mass is 285 g/mol. The van der Waals surface area contributed by atoms with Crippen molar-refractivity contribution in [2.75, 3.05) is 26.1 Å². The Hall–Kier alpha value is -2.49. The summed E-state index contributed by atoms with van der Waals surface area (Å²) in [5.41, 5.74) is 1.72. The van der Waals surface area contributed by atoms with Crippen molar-refractivity contribution in [3.8, 4) is 11.5 Å². The minimum absolute atomic E-state index is 0.00712. The Morgan fingerprint density at radius 2 is 1.71 bits per heavy atom.